The highest BCUT2D eigenvalue weighted by atomic mass is 28.4. The Balaban J connectivity index is 1.45. The maximum Gasteiger partial charge on any atom is 0.306 e. The maximum atomic E-state index is 12.7. The maximum absolute atomic E-state index is 12.7. The molecule has 36 heavy (non-hydrogen) atoms. The Kier molecular flexibility index (Phi) is 8.44. The van der Waals surface area contributed by atoms with Crippen molar-refractivity contribution in [3.63, 3.8) is 0 Å². The summed E-state index contributed by atoms with van der Waals surface area (Å²) < 4.78 is 17.2. The molecule has 0 amide bonds. The van der Waals surface area contributed by atoms with Gasteiger partial charge < -0.3 is 14.5 Å². The van der Waals surface area contributed by atoms with Crippen LogP contribution in [0.5, 0.6) is 0 Å². The van der Waals surface area contributed by atoms with Crippen LogP contribution in [-0.4, -0.2) is 37.5 Å². The molecule has 0 radical (unpaired) electrons. The fourth-order valence-corrected chi connectivity index (χ4v) is 6.50. The van der Waals surface area contributed by atoms with Gasteiger partial charge in [-0.3, -0.25) is 4.79 Å². The minimum atomic E-state index is -1.98. The van der Waals surface area contributed by atoms with Gasteiger partial charge in [-0.1, -0.05) is 60.7 Å². The van der Waals surface area contributed by atoms with Crippen molar-refractivity contribution in [1.29, 1.82) is 0 Å². The predicted octanol–water partition coefficient (Wildman–Crippen LogP) is 4.55. The number of carbonyl (C=O) groups excluding carboxylic acids is 1. The molecule has 2 atom stereocenters. The fourth-order valence-electron chi connectivity index (χ4n) is 5.16. The van der Waals surface area contributed by atoms with E-state index in [-0.39, 0.29) is 18.1 Å². The molecule has 1 aliphatic heterocycles. The number of ether oxygens (including phenoxy) is 1. The highest BCUT2D eigenvalue weighted by molar-refractivity contribution is 6.69. The third-order valence-electron chi connectivity index (χ3n) is 6.62. The van der Waals surface area contributed by atoms with Gasteiger partial charge in [0.25, 0.3) is 0 Å². The van der Waals surface area contributed by atoms with Gasteiger partial charge in [-0.05, 0) is 43.6 Å². The molecule has 3 aromatic rings. The Hall–Kier alpha value is -2.74. The molecule has 7 heteroatoms. The van der Waals surface area contributed by atoms with Gasteiger partial charge >= 0.3 is 5.97 Å². The average Bonchev–Trinajstić information content (AvgIpc) is 3.50. The molecule has 0 spiro atoms. The molecule has 2 heterocycles. The minimum Gasteiger partial charge on any atom is -0.461 e. The van der Waals surface area contributed by atoms with Crippen LogP contribution in [0.4, 0.5) is 0 Å². The summed E-state index contributed by atoms with van der Waals surface area (Å²) in [6.07, 6.45) is 8.89. The first-order valence-electron chi connectivity index (χ1n) is 13.0. The molecule has 0 unspecified atom stereocenters. The molecule has 0 saturated carbocycles. The average molecular weight is 507 g/mol. The van der Waals surface area contributed by atoms with E-state index in [0.717, 1.165) is 30.5 Å². The summed E-state index contributed by atoms with van der Waals surface area (Å²) in [6.45, 7) is 8.23. The van der Waals surface area contributed by atoms with Crippen LogP contribution < -0.4 is 9.88 Å². The number of rotatable bonds is 11. The van der Waals surface area contributed by atoms with E-state index in [1.807, 2.05) is 29.9 Å². The van der Waals surface area contributed by atoms with Crippen molar-refractivity contribution < 1.29 is 18.5 Å². The number of hydrogen-bond donors (Lipinski definition) is 1. The van der Waals surface area contributed by atoms with Crippen LogP contribution in [0, 0.1) is 0 Å². The lowest BCUT2D eigenvalue weighted by Gasteiger charge is -2.44. The first-order valence-corrected chi connectivity index (χ1v) is 16.4. The normalized spacial score (nSPS) is 18.3. The number of hydrogen-bond acceptors (Lipinski definition) is 4. The molecule has 1 aromatic heterocycles. The number of unbranched alkanes of at least 4 members (excludes halogenated alkanes) is 1. The summed E-state index contributed by atoms with van der Waals surface area (Å²) in [6, 6.07) is 21.0. The SMILES string of the molecule is C[n+]1ccn(CCCCC(=O)O[C@H]2CN[C@H](C(O[Si](C)(C)C)(c3ccccc3)c3ccccc3)C2)c1. The topological polar surface area (TPSA) is 56.4 Å². The minimum absolute atomic E-state index is 0.0127. The standard InChI is InChI=1S/C29H40N3O3Si/c1-31-19-20-32(23-31)18-12-11-17-28(33)34-26-21-27(30-22-26)29(35-36(2,3)4,24-13-7-5-8-14-24)25-15-9-6-10-16-25/h5-10,13-16,19-20,23,26-27,30H,11-12,17-18,21-22H2,1-4H3/q+1/t26-,27+/m1/s1. The zero-order valence-corrected chi connectivity index (χ0v) is 23.0. The second-order valence-corrected chi connectivity index (χ2v) is 15.2. The Bertz CT molecular complexity index is 1070. The number of aryl methyl sites for hydroxylation is 2. The summed E-state index contributed by atoms with van der Waals surface area (Å²) in [4.78, 5) is 12.7. The van der Waals surface area contributed by atoms with Gasteiger partial charge in [0.2, 0.25) is 6.33 Å². The van der Waals surface area contributed by atoms with E-state index in [2.05, 4.69) is 90.6 Å². The van der Waals surface area contributed by atoms with Crippen LogP contribution in [0.25, 0.3) is 0 Å². The number of esters is 1. The zero-order chi connectivity index (χ0) is 25.6. The second-order valence-electron chi connectivity index (χ2n) is 10.8. The van der Waals surface area contributed by atoms with Crippen molar-refractivity contribution in [2.75, 3.05) is 6.54 Å². The number of imidazole rings is 1. The molecular weight excluding hydrogens is 466 g/mol. The van der Waals surface area contributed by atoms with Crippen molar-refractivity contribution in [1.82, 2.24) is 9.88 Å². The number of carbonyl (C=O) groups is 1. The van der Waals surface area contributed by atoms with E-state index < -0.39 is 13.9 Å². The Morgan fingerprint density at radius 2 is 1.69 bits per heavy atom. The molecule has 1 fully saturated rings. The summed E-state index contributed by atoms with van der Waals surface area (Å²) >= 11 is 0. The van der Waals surface area contributed by atoms with Crippen molar-refractivity contribution in [2.45, 2.75) is 69.6 Å². The zero-order valence-electron chi connectivity index (χ0n) is 22.0. The molecule has 1 N–H and O–H groups in total. The quantitative estimate of drug-likeness (QED) is 0.179. The third kappa shape index (κ3) is 6.52. The molecule has 192 valence electrons. The summed E-state index contributed by atoms with van der Waals surface area (Å²) in [7, 11) is 0.0303. The third-order valence-corrected chi connectivity index (χ3v) is 7.56. The van der Waals surface area contributed by atoms with Gasteiger partial charge in [-0.15, -0.1) is 0 Å². The van der Waals surface area contributed by atoms with Gasteiger partial charge in [0, 0.05) is 25.4 Å². The molecule has 6 nitrogen and oxygen atoms in total. The molecule has 1 aliphatic rings. The highest BCUT2D eigenvalue weighted by Crippen LogP contribution is 2.42. The number of aromatic nitrogens is 2. The number of nitrogens with one attached hydrogen (secondary N) is 1. The first-order chi connectivity index (χ1) is 17.3. The lowest BCUT2D eigenvalue weighted by molar-refractivity contribution is -0.671. The van der Waals surface area contributed by atoms with E-state index in [1.165, 1.54) is 0 Å². The van der Waals surface area contributed by atoms with Gasteiger partial charge in [-0.2, -0.15) is 0 Å². The Morgan fingerprint density at radius 3 is 2.25 bits per heavy atom. The number of benzene rings is 2. The van der Waals surface area contributed by atoms with E-state index >= 15 is 0 Å². The summed E-state index contributed by atoms with van der Waals surface area (Å²) in [5.74, 6) is -0.114. The Morgan fingerprint density at radius 1 is 1.06 bits per heavy atom. The molecule has 0 bridgehead atoms. The fraction of sp³-hybridized carbons (Fsp3) is 0.448. The van der Waals surface area contributed by atoms with Crippen LogP contribution >= 0.6 is 0 Å². The predicted molar refractivity (Wildman–Crippen MR) is 144 cm³/mol. The molecular formula is C29H40N3O3Si+. The largest absolute Gasteiger partial charge is 0.461 e. The van der Waals surface area contributed by atoms with E-state index in [0.29, 0.717) is 19.4 Å². The molecule has 2 aromatic carbocycles. The lowest BCUT2D eigenvalue weighted by atomic mass is 9.79. The van der Waals surface area contributed by atoms with E-state index in [4.69, 9.17) is 9.16 Å². The Labute approximate surface area is 216 Å². The molecule has 4 rings (SSSR count). The van der Waals surface area contributed by atoms with Gasteiger partial charge in [0.15, 0.2) is 8.32 Å². The smallest absolute Gasteiger partial charge is 0.306 e. The van der Waals surface area contributed by atoms with Crippen LogP contribution in [0.15, 0.2) is 79.4 Å². The van der Waals surface area contributed by atoms with Crippen LogP contribution in [0.3, 0.4) is 0 Å². The van der Waals surface area contributed by atoms with E-state index in [1.54, 1.807) is 0 Å². The van der Waals surface area contributed by atoms with Crippen LogP contribution in [-0.2, 0) is 33.2 Å². The van der Waals surface area contributed by atoms with Crippen molar-refractivity contribution >= 4 is 14.3 Å². The van der Waals surface area contributed by atoms with Crippen LogP contribution in [0.1, 0.15) is 36.8 Å². The molecule has 0 aliphatic carbocycles. The van der Waals surface area contributed by atoms with Gasteiger partial charge in [0.1, 0.15) is 24.1 Å². The highest BCUT2D eigenvalue weighted by Gasteiger charge is 2.49. The second kappa shape index (κ2) is 11.5. The summed E-state index contributed by atoms with van der Waals surface area (Å²) in [5.41, 5.74) is 1.60. The monoisotopic (exact) mass is 506 g/mol. The van der Waals surface area contributed by atoms with Gasteiger partial charge in [-0.25, -0.2) is 9.13 Å². The first kappa shape index (κ1) is 26.3. The van der Waals surface area contributed by atoms with Crippen LogP contribution in [0.2, 0.25) is 19.6 Å². The summed E-state index contributed by atoms with van der Waals surface area (Å²) in [5, 5.41) is 3.68. The lowest BCUT2D eigenvalue weighted by Crippen LogP contribution is -2.53. The molecule has 1 saturated heterocycles. The van der Waals surface area contributed by atoms with Crippen molar-refractivity contribution in [2.24, 2.45) is 7.05 Å². The van der Waals surface area contributed by atoms with E-state index in [9.17, 15) is 4.79 Å². The van der Waals surface area contributed by atoms with Crippen molar-refractivity contribution in [3.05, 3.63) is 90.5 Å². The van der Waals surface area contributed by atoms with Crippen molar-refractivity contribution in [3.8, 4) is 0 Å². The van der Waals surface area contributed by atoms with Gasteiger partial charge in [0.05, 0.1) is 13.6 Å². The number of nitrogens with zero attached hydrogens (tertiary/aromatic N) is 2.